The predicted molar refractivity (Wildman–Crippen MR) is 201 cm³/mol. The van der Waals surface area contributed by atoms with Crippen LogP contribution in [0.3, 0.4) is 0 Å². The van der Waals surface area contributed by atoms with E-state index in [1.54, 1.807) is 0 Å². The lowest BCUT2D eigenvalue weighted by Gasteiger charge is -2.45. The van der Waals surface area contributed by atoms with Crippen molar-refractivity contribution in [1.82, 2.24) is 4.44 Å². The molecular formula is C43H41NP2. The largest absolute Gasteiger partial charge is 0.249 e. The van der Waals surface area contributed by atoms with Crippen molar-refractivity contribution in [3.05, 3.63) is 181 Å². The van der Waals surface area contributed by atoms with Crippen LogP contribution in [-0.4, -0.2) is 10.5 Å². The summed E-state index contributed by atoms with van der Waals surface area (Å²) in [5, 5.41) is 2.84. The molecule has 1 saturated heterocycles. The molecule has 1 heterocycles. The third kappa shape index (κ3) is 6.52. The van der Waals surface area contributed by atoms with Gasteiger partial charge in [0.15, 0.2) is 0 Å². The van der Waals surface area contributed by atoms with E-state index in [1.165, 1.54) is 56.8 Å². The topological polar surface area (TPSA) is 3.24 Å². The Kier molecular flexibility index (Phi) is 9.55. The van der Waals surface area contributed by atoms with Crippen LogP contribution in [0.1, 0.15) is 49.1 Å². The molecule has 228 valence electrons. The van der Waals surface area contributed by atoms with E-state index in [2.05, 4.69) is 188 Å². The smallest absolute Gasteiger partial charge is 0.0321 e. The van der Waals surface area contributed by atoms with Crippen LogP contribution in [0.5, 0.6) is 0 Å². The maximum Gasteiger partial charge on any atom is 0.0321 e. The van der Waals surface area contributed by atoms with E-state index < -0.39 is 16.1 Å². The summed E-state index contributed by atoms with van der Waals surface area (Å²) in [5.74, 6) is 0. The first-order chi connectivity index (χ1) is 22.7. The minimum Gasteiger partial charge on any atom is -0.249 e. The zero-order chi connectivity index (χ0) is 31.3. The van der Waals surface area contributed by atoms with Crippen LogP contribution in [-0.2, 0) is 0 Å². The fourth-order valence-electron chi connectivity index (χ4n) is 6.95. The van der Waals surface area contributed by atoms with Gasteiger partial charge in [0.25, 0.3) is 0 Å². The van der Waals surface area contributed by atoms with Gasteiger partial charge in [-0.1, -0.05) is 158 Å². The Bertz CT molecular complexity index is 1710. The van der Waals surface area contributed by atoms with Crippen LogP contribution < -0.4 is 10.6 Å². The summed E-state index contributed by atoms with van der Waals surface area (Å²) in [6, 6.07) is 63.7. The molecule has 0 aromatic heterocycles. The Morgan fingerprint density at radius 3 is 1.24 bits per heavy atom. The van der Waals surface area contributed by atoms with Crippen LogP contribution >= 0.6 is 16.1 Å². The molecule has 6 aromatic rings. The van der Waals surface area contributed by atoms with Gasteiger partial charge in [0, 0.05) is 25.4 Å². The molecule has 1 aliphatic rings. The molecule has 0 amide bonds. The van der Waals surface area contributed by atoms with Crippen LogP contribution in [0.2, 0.25) is 0 Å². The van der Waals surface area contributed by atoms with Gasteiger partial charge < -0.3 is 0 Å². The second-order valence-electron chi connectivity index (χ2n) is 12.4. The third-order valence-corrected chi connectivity index (χ3v) is 15.9. The first-order valence-corrected chi connectivity index (χ1v) is 19.2. The second-order valence-corrected chi connectivity index (χ2v) is 17.2. The van der Waals surface area contributed by atoms with Gasteiger partial charge in [0.05, 0.1) is 0 Å². The number of nitrogens with zero attached hydrogens (tertiary/aromatic N) is 1. The molecule has 0 aliphatic carbocycles. The van der Waals surface area contributed by atoms with Crippen LogP contribution in [0.4, 0.5) is 0 Å². The van der Waals surface area contributed by atoms with E-state index >= 15 is 0 Å². The van der Waals surface area contributed by atoms with Gasteiger partial charge in [0.2, 0.25) is 0 Å². The quantitative estimate of drug-likeness (QED) is 0.143. The molecule has 0 spiro atoms. The van der Waals surface area contributed by atoms with Crippen molar-refractivity contribution >= 4 is 26.8 Å². The first kappa shape index (κ1) is 30.8. The second kappa shape index (κ2) is 14.3. The Morgan fingerprint density at radius 1 is 0.478 bits per heavy atom. The average molecular weight is 634 g/mol. The highest BCUT2D eigenvalue weighted by Gasteiger charge is 2.45. The molecular weight excluding hydrogens is 592 g/mol. The van der Waals surface area contributed by atoms with E-state index in [4.69, 9.17) is 0 Å². The lowest BCUT2D eigenvalue weighted by atomic mass is 10.0. The van der Waals surface area contributed by atoms with Crippen molar-refractivity contribution in [2.45, 2.75) is 44.0 Å². The van der Waals surface area contributed by atoms with E-state index in [0.717, 1.165) is 0 Å². The van der Waals surface area contributed by atoms with Crippen LogP contribution in [0.15, 0.2) is 170 Å². The normalized spacial score (nSPS) is 16.8. The molecule has 7 rings (SSSR count). The standard InChI is InChI=1S/C43H41NP2/c1-33(2)44(46-42(36-21-11-5-12-22-36)29-30-43(46)37-23-13-6-14-24-37)45(40-27-15-25-38(31-40)34-17-7-3-8-18-34)41-28-16-26-39(32-41)35-19-9-4-10-20-35/h3-28,31-33,42-43H,29-30H2,1-2H3/t42-,43-/m0/s1. The predicted octanol–water partition coefficient (Wildman–Crippen LogP) is 11.8. The molecule has 0 bridgehead atoms. The van der Waals surface area contributed by atoms with E-state index in [-0.39, 0.29) is 0 Å². The van der Waals surface area contributed by atoms with Crippen molar-refractivity contribution in [3.63, 3.8) is 0 Å². The van der Waals surface area contributed by atoms with Crippen molar-refractivity contribution in [3.8, 4) is 22.3 Å². The highest BCUT2D eigenvalue weighted by molar-refractivity contribution is 7.79. The highest BCUT2D eigenvalue weighted by atomic mass is 31.2. The van der Waals surface area contributed by atoms with Gasteiger partial charge in [0.1, 0.15) is 0 Å². The van der Waals surface area contributed by atoms with Crippen LogP contribution in [0, 0.1) is 0 Å². The zero-order valence-electron chi connectivity index (χ0n) is 26.7. The summed E-state index contributed by atoms with van der Waals surface area (Å²) in [5.41, 5.74) is 9.12. The molecule has 1 fully saturated rings. The molecule has 2 atom stereocenters. The molecule has 0 unspecified atom stereocenters. The summed E-state index contributed by atoms with van der Waals surface area (Å²) in [4.78, 5) is 0. The van der Waals surface area contributed by atoms with E-state index in [0.29, 0.717) is 17.4 Å². The Balaban J connectivity index is 1.43. The Hall–Kier alpha value is -3.86. The minimum atomic E-state index is -0.850. The SMILES string of the molecule is CC(C)N(P(c1cccc(-c2ccccc2)c1)c1cccc(-c2ccccc2)c1)P1[C@H](c2ccccc2)CC[C@H]1c1ccccc1. The lowest BCUT2D eigenvalue weighted by Crippen LogP contribution is -2.31. The Morgan fingerprint density at radius 2 is 0.848 bits per heavy atom. The maximum absolute atomic E-state index is 3.00. The van der Waals surface area contributed by atoms with Crippen molar-refractivity contribution in [2.75, 3.05) is 0 Å². The zero-order valence-corrected chi connectivity index (χ0v) is 28.4. The third-order valence-electron chi connectivity index (χ3n) is 9.02. The number of hydrogen-bond donors (Lipinski definition) is 0. The highest BCUT2D eigenvalue weighted by Crippen LogP contribution is 2.76. The number of hydrogen-bond acceptors (Lipinski definition) is 1. The Labute approximate surface area is 277 Å². The fraction of sp³-hybridized carbons (Fsp3) is 0.163. The molecule has 46 heavy (non-hydrogen) atoms. The maximum atomic E-state index is 3.00. The van der Waals surface area contributed by atoms with Gasteiger partial charge in [-0.25, -0.2) is 4.44 Å². The average Bonchev–Trinajstić information content (AvgIpc) is 3.56. The first-order valence-electron chi connectivity index (χ1n) is 16.5. The summed E-state index contributed by atoms with van der Waals surface area (Å²) in [6.45, 7) is 4.87. The van der Waals surface area contributed by atoms with Gasteiger partial charge in [-0.3, -0.25) is 0 Å². The number of benzene rings is 6. The summed E-state index contributed by atoms with van der Waals surface area (Å²) in [6.07, 6.45) is 2.44. The molecule has 0 saturated carbocycles. The minimum absolute atomic E-state index is 0.369. The molecule has 1 nitrogen and oxygen atoms in total. The molecule has 6 aromatic carbocycles. The van der Waals surface area contributed by atoms with Crippen molar-refractivity contribution in [2.24, 2.45) is 0 Å². The monoisotopic (exact) mass is 633 g/mol. The van der Waals surface area contributed by atoms with Gasteiger partial charge >= 0.3 is 0 Å². The van der Waals surface area contributed by atoms with Crippen LogP contribution in [0.25, 0.3) is 22.3 Å². The molecule has 3 heteroatoms. The summed E-state index contributed by atoms with van der Waals surface area (Å²) >= 11 is 0. The molecule has 0 N–H and O–H groups in total. The van der Waals surface area contributed by atoms with E-state index in [9.17, 15) is 0 Å². The van der Waals surface area contributed by atoms with Crippen molar-refractivity contribution in [1.29, 1.82) is 0 Å². The van der Waals surface area contributed by atoms with Gasteiger partial charge in [-0.15, -0.1) is 0 Å². The fourth-order valence-corrected chi connectivity index (χ4v) is 14.7. The lowest BCUT2D eigenvalue weighted by molar-refractivity contribution is 0.569. The van der Waals surface area contributed by atoms with E-state index in [1.807, 2.05) is 0 Å². The van der Waals surface area contributed by atoms with Gasteiger partial charge in [-0.05, 0) is 90.9 Å². The van der Waals surface area contributed by atoms with Gasteiger partial charge in [-0.2, -0.15) is 0 Å². The summed E-state index contributed by atoms with van der Waals surface area (Å²) in [7, 11) is -1.43. The summed E-state index contributed by atoms with van der Waals surface area (Å²) < 4.78 is 3.00. The molecule has 0 radical (unpaired) electrons. The number of rotatable bonds is 9. The van der Waals surface area contributed by atoms with Crippen molar-refractivity contribution < 1.29 is 0 Å². The molecule has 1 aliphatic heterocycles.